The molecule has 1 aliphatic heterocycles. The molecule has 0 aromatic heterocycles. The molecule has 26 heavy (non-hydrogen) atoms. The lowest BCUT2D eigenvalue weighted by Crippen LogP contribution is -2.47. The number of para-hydroxylation sites is 1. The Morgan fingerprint density at radius 3 is 2.69 bits per heavy atom. The molecule has 8 nitrogen and oxygen atoms in total. The highest BCUT2D eigenvalue weighted by atomic mass is 16.5. The predicted octanol–water partition coefficient (Wildman–Crippen LogP) is 0.521. The Bertz CT molecular complexity index is 607. The summed E-state index contributed by atoms with van der Waals surface area (Å²) in [6.07, 6.45) is 1.47. The average Bonchev–Trinajstić information content (AvgIpc) is 2.66. The van der Waals surface area contributed by atoms with Gasteiger partial charge in [0.2, 0.25) is 5.91 Å². The zero-order valence-corrected chi connectivity index (χ0v) is 14.6. The molecule has 0 radical (unpaired) electrons. The molecule has 0 aliphatic carbocycles. The Kier molecular flexibility index (Phi) is 7.88. The second-order valence-corrected chi connectivity index (χ2v) is 6.02. The summed E-state index contributed by atoms with van der Waals surface area (Å²) in [5.74, 6) is -0.977. The summed E-state index contributed by atoms with van der Waals surface area (Å²) in [5.41, 5.74) is 0. The van der Waals surface area contributed by atoms with Crippen molar-refractivity contribution in [2.24, 2.45) is 5.92 Å². The van der Waals surface area contributed by atoms with Gasteiger partial charge in [-0.25, -0.2) is 4.79 Å². The number of hydrogen-bond acceptors (Lipinski definition) is 5. The van der Waals surface area contributed by atoms with Gasteiger partial charge < -0.3 is 24.8 Å². The molecule has 8 heteroatoms. The molecule has 2 rings (SSSR count). The molecule has 0 spiro atoms. The fourth-order valence-electron chi connectivity index (χ4n) is 2.72. The van der Waals surface area contributed by atoms with E-state index in [1.165, 1.54) is 0 Å². The number of hydrogen-bond donors (Lipinski definition) is 2. The maximum atomic E-state index is 12.3. The maximum absolute atomic E-state index is 12.3. The first-order valence-corrected chi connectivity index (χ1v) is 8.59. The molecule has 1 saturated heterocycles. The van der Waals surface area contributed by atoms with Gasteiger partial charge in [0.15, 0.2) is 6.61 Å². The van der Waals surface area contributed by atoms with Gasteiger partial charge in [-0.15, -0.1) is 0 Å². The third-order valence-electron chi connectivity index (χ3n) is 4.02. The largest absolute Gasteiger partial charge is 0.484 e. The van der Waals surface area contributed by atoms with Crippen molar-refractivity contribution in [3.05, 3.63) is 30.3 Å². The van der Waals surface area contributed by atoms with Gasteiger partial charge >= 0.3 is 5.97 Å². The first-order chi connectivity index (χ1) is 12.6. The molecule has 1 unspecified atom stereocenters. The van der Waals surface area contributed by atoms with E-state index in [0.717, 1.165) is 6.42 Å². The minimum Gasteiger partial charge on any atom is -0.484 e. The van der Waals surface area contributed by atoms with Crippen molar-refractivity contribution in [2.75, 3.05) is 39.5 Å². The molecular weight excluding hydrogens is 340 g/mol. The Labute approximate surface area is 152 Å². The third-order valence-corrected chi connectivity index (χ3v) is 4.02. The summed E-state index contributed by atoms with van der Waals surface area (Å²) in [4.78, 5) is 36.5. The van der Waals surface area contributed by atoms with Crippen molar-refractivity contribution in [1.29, 1.82) is 0 Å². The van der Waals surface area contributed by atoms with Crippen molar-refractivity contribution < 1.29 is 29.0 Å². The fraction of sp³-hybridized carbons (Fsp3) is 0.500. The van der Waals surface area contributed by atoms with E-state index in [4.69, 9.17) is 14.6 Å². The highest BCUT2D eigenvalue weighted by Crippen LogP contribution is 2.17. The number of rotatable bonds is 9. The van der Waals surface area contributed by atoms with E-state index >= 15 is 0 Å². The average molecular weight is 364 g/mol. The van der Waals surface area contributed by atoms with Crippen LogP contribution in [-0.2, 0) is 19.1 Å². The van der Waals surface area contributed by atoms with Crippen LogP contribution in [0.25, 0.3) is 0 Å². The molecule has 1 atom stereocenters. The van der Waals surface area contributed by atoms with Crippen LogP contribution in [0.1, 0.15) is 12.8 Å². The summed E-state index contributed by atoms with van der Waals surface area (Å²) < 4.78 is 10.3. The molecule has 142 valence electrons. The van der Waals surface area contributed by atoms with E-state index < -0.39 is 5.97 Å². The number of nitrogens with zero attached hydrogens (tertiary/aromatic N) is 1. The Hall–Kier alpha value is -2.61. The van der Waals surface area contributed by atoms with Crippen LogP contribution in [0.2, 0.25) is 0 Å². The van der Waals surface area contributed by atoms with Crippen molar-refractivity contribution in [3.63, 3.8) is 0 Å². The number of carbonyl (C=O) groups is 3. The fourth-order valence-corrected chi connectivity index (χ4v) is 2.72. The normalized spacial score (nSPS) is 16.8. The molecule has 0 bridgehead atoms. The number of aliphatic carboxylic acids is 1. The minimum absolute atomic E-state index is 0.0542. The first kappa shape index (κ1) is 19.7. The highest BCUT2D eigenvalue weighted by molar-refractivity contribution is 5.82. The van der Waals surface area contributed by atoms with Crippen molar-refractivity contribution in [2.45, 2.75) is 12.8 Å². The monoisotopic (exact) mass is 364 g/mol. The van der Waals surface area contributed by atoms with Crippen LogP contribution in [0.15, 0.2) is 30.3 Å². The maximum Gasteiger partial charge on any atom is 0.329 e. The molecule has 2 N–H and O–H groups in total. The standard InChI is InChI=1S/C18H24N2O6/c21-16(12-26-15-6-2-1-3-7-15)20-9-4-5-14(11-20)18(24)19-8-10-25-13-17(22)23/h1-3,6-7,14H,4-5,8-13H2,(H,19,24)(H,22,23). The Balaban J connectivity index is 1.70. The second kappa shape index (κ2) is 10.4. The Morgan fingerprint density at radius 1 is 1.19 bits per heavy atom. The Morgan fingerprint density at radius 2 is 1.96 bits per heavy atom. The van der Waals surface area contributed by atoms with Crippen LogP contribution in [0.3, 0.4) is 0 Å². The minimum atomic E-state index is -1.05. The van der Waals surface area contributed by atoms with Crippen LogP contribution < -0.4 is 10.1 Å². The molecule has 2 amide bonds. The number of carbonyl (C=O) groups excluding carboxylic acids is 2. The van der Waals surface area contributed by atoms with Crippen LogP contribution in [0.4, 0.5) is 0 Å². The summed E-state index contributed by atoms with van der Waals surface area (Å²) >= 11 is 0. The van der Waals surface area contributed by atoms with Gasteiger partial charge in [-0.3, -0.25) is 9.59 Å². The summed E-state index contributed by atoms with van der Waals surface area (Å²) in [6.45, 7) is 0.914. The quantitative estimate of drug-likeness (QED) is 0.619. The van der Waals surface area contributed by atoms with Gasteiger partial charge in [-0.05, 0) is 25.0 Å². The van der Waals surface area contributed by atoms with Gasteiger partial charge in [-0.2, -0.15) is 0 Å². The van der Waals surface area contributed by atoms with Crippen LogP contribution in [0, 0.1) is 5.92 Å². The van der Waals surface area contributed by atoms with E-state index in [0.29, 0.717) is 25.3 Å². The topological polar surface area (TPSA) is 105 Å². The van der Waals surface area contributed by atoms with E-state index in [9.17, 15) is 14.4 Å². The lowest BCUT2D eigenvalue weighted by atomic mass is 9.97. The van der Waals surface area contributed by atoms with Crippen LogP contribution >= 0.6 is 0 Å². The molecule has 1 aromatic carbocycles. The summed E-state index contributed by atoms with van der Waals surface area (Å²) in [7, 11) is 0. The van der Waals surface area contributed by atoms with Crippen LogP contribution in [0.5, 0.6) is 5.75 Å². The summed E-state index contributed by atoms with van der Waals surface area (Å²) in [6, 6.07) is 9.11. The SMILES string of the molecule is O=C(O)COCCNC(=O)C1CCCN(C(=O)COc2ccccc2)C1. The van der Waals surface area contributed by atoms with E-state index in [-0.39, 0.29) is 44.1 Å². The van der Waals surface area contributed by atoms with Gasteiger partial charge in [-0.1, -0.05) is 18.2 Å². The zero-order chi connectivity index (χ0) is 18.8. The highest BCUT2D eigenvalue weighted by Gasteiger charge is 2.28. The number of nitrogens with one attached hydrogen (secondary N) is 1. The lowest BCUT2D eigenvalue weighted by molar-refractivity contribution is -0.142. The number of amides is 2. The first-order valence-electron chi connectivity index (χ1n) is 8.59. The van der Waals surface area contributed by atoms with Gasteiger partial charge in [0.05, 0.1) is 12.5 Å². The molecule has 1 aliphatic rings. The zero-order valence-electron chi connectivity index (χ0n) is 14.6. The van der Waals surface area contributed by atoms with E-state index in [1.54, 1.807) is 17.0 Å². The number of carboxylic acids is 1. The number of likely N-dealkylation sites (tertiary alicyclic amines) is 1. The van der Waals surface area contributed by atoms with Gasteiger partial charge in [0.25, 0.3) is 5.91 Å². The van der Waals surface area contributed by atoms with Crippen molar-refractivity contribution in [3.8, 4) is 5.75 Å². The second-order valence-electron chi connectivity index (χ2n) is 6.02. The molecule has 1 heterocycles. The number of carboxylic acid groups (broad SMARTS) is 1. The number of piperidine rings is 1. The molecule has 0 saturated carbocycles. The van der Waals surface area contributed by atoms with Crippen molar-refractivity contribution in [1.82, 2.24) is 10.2 Å². The van der Waals surface area contributed by atoms with E-state index in [2.05, 4.69) is 5.32 Å². The number of benzene rings is 1. The van der Waals surface area contributed by atoms with Crippen molar-refractivity contribution >= 4 is 17.8 Å². The molecule has 1 fully saturated rings. The summed E-state index contributed by atoms with van der Waals surface area (Å²) in [5, 5.41) is 11.2. The van der Waals surface area contributed by atoms with E-state index in [1.807, 2.05) is 18.2 Å². The van der Waals surface area contributed by atoms with Gasteiger partial charge in [0.1, 0.15) is 12.4 Å². The smallest absolute Gasteiger partial charge is 0.329 e. The van der Waals surface area contributed by atoms with Crippen LogP contribution in [-0.4, -0.2) is 67.2 Å². The third kappa shape index (κ3) is 6.72. The molecule has 1 aromatic rings. The predicted molar refractivity (Wildman–Crippen MR) is 92.7 cm³/mol. The lowest BCUT2D eigenvalue weighted by Gasteiger charge is -2.32. The van der Waals surface area contributed by atoms with Gasteiger partial charge in [0, 0.05) is 19.6 Å². The molecular formula is C18H24N2O6. The number of ether oxygens (including phenoxy) is 2.